The molecule has 27 heavy (non-hydrogen) atoms. The van der Waals surface area contributed by atoms with E-state index in [0.717, 1.165) is 0 Å². The van der Waals surface area contributed by atoms with Crippen molar-refractivity contribution in [1.82, 2.24) is 0 Å². The normalized spacial score (nSPS) is 14.9. The van der Waals surface area contributed by atoms with Crippen molar-refractivity contribution in [2.45, 2.75) is 97.8 Å². The van der Waals surface area contributed by atoms with Gasteiger partial charge in [0, 0.05) is 0 Å². The number of halogens is 6. The van der Waals surface area contributed by atoms with Crippen LogP contribution in [0, 0.1) is 0 Å². The van der Waals surface area contributed by atoms with Crippen LogP contribution in [-0.4, -0.2) is 31.2 Å². The molecule has 0 fully saturated rings. The van der Waals surface area contributed by atoms with E-state index >= 15 is 0 Å². The molecule has 0 atom stereocenters. The van der Waals surface area contributed by atoms with Crippen molar-refractivity contribution in [2.24, 2.45) is 0 Å². The van der Waals surface area contributed by atoms with Gasteiger partial charge in [-0.1, -0.05) is 59.3 Å². The van der Waals surface area contributed by atoms with Crippen LogP contribution < -0.4 is 0 Å². The van der Waals surface area contributed by atoms with Gasteiger partial charge in [-0.3, -0.25) is 0 Å². The Kier molecular flexibility index (Phi) is 13.5. The van der Waals surface area contributed by atoms with Gasteiger partial charge in [0.25, 0.3) is 0 Å². The van der Waals surface area contributed by atoms with E-state index < -0.39 is 7.81 Å². The van der Waals surface area contributed by atoms with E-state index in [1.807, 2.05) is 0 Å². The molecule has 0 amide bonds. The minimum atomic E-state index is -10.7. The van der Waals surface area contributed by atoms with Crippen molar-refractivity contribution in [2.75, 3.05) is 26.7 Å². The van der Waals surface area contributed by atoms with Gasteiger partial charge >= 0.3 is 33.0 Å². The molecule has 0 unspecified atom stereocenters. The molecule has 0 aromatic carbocycles. The van der Waals surface area contributed by atoms with Crippen molar-refractivity contribution in [3.05, 3.63) is 0 Å². The first-order valence-electron chi connectivity index (χ1n) is 10.5. The molecular formula is C19H42F6NP. The fourth-order valence-electron chi connectivity index (χ4n) is 3.10. The number of unbranched alkanes of at least 4 members (excludes halogenated alkanes) is 9. The molecule has 8 heteroatoms. The third-order valence-electron chi connectivity index (χ3n) is 4.65. The van der Waals surface area contributed by atoms with Gasteiger partial charge in [-0.25, -0.2) is 0 Å². The SMILES string of the molecule is CCCCCC[N+](C)(CCCCCC)CCCCCC.F[P-](F)(F)(F)(F)F. The summed E-state index contributed by atoms with van der Waals surface area (Å²) in [7, 11) is -8.14. The van der Waals surface area contributed by atoms with Gasteiger partial charge in [-0.05, 0) is 38.5 Å². The maximum atomic E-state index is 9.87. The van der Waals surface area contributed by atoms with E-state index in [9.17, 15) is 25.2 Å². The molecule has 1 nitrogen and oxygen atoms in total. The zero-order valence-corrected chi connectivity index (χ0v) is 18.7. The van der Waals surface area contributed by atoms with E-state index in [-0.39, 0.29) is 0 Å². The van der Waals surface area contributed by atoms with Gasteiger partial charge in [-0.15, -0.1) is 0 Å². The number of hydrogen-bond donors (Lipinski definition) is 0. The van der Waals surface area contributed by atoms with Crippen molar-refractivity contribution < 1.29 is 29.7 Å². The second-order valence-corrected chi connectivity index (χ2v) is 9.85. The molecule has 0 heterocycles. The summed E-state index contributed by atoms with van der Waals surface area (Å²) in [6.07, 6.45) is 17.0. The van der Waals surface area contributed by atoms with Crippen molar-refractivity contribution >= 4 is 7.81 Å². The van der Waals surface area contributed by atoms with Gasteiger partial charge in [0.2, 0.25) is 0 Å². The van der Waals surface area contributed by atoms with Crippen LogP contribution in [0.1, 0.15) is 97.8 Å². The second-order valence-electron chi connectivity index (χ2n) is 7.93. The Morgan fingerprint density at radius 1 is 0.481 bits per heavy atom. The Labute approximate surface area is 162 Å². The van der Waals surface area contributed by atoms with Gasteiger partial charge in [0.05, 0.1) is 26.7 Å². The summed E-state index contributed by atoms with van der Waals surface area (Å²) < 4.78 is 60.5. The number of rotatable bonds is 15. The Balaban J connectivity index is 0. The first-order chi connectivity index (χ1) is 12.1. The molecule has 0 aliphatic rings. The van der Waals surface area contributed by atoms with Crippen molar-refractivity contribution in [3.63, 3.8) is 0 Å². The summed E-state index contributed by atoms with van der Waals surface area (Å²) in [5, 5.41) is 0. The molecule has 0 aliphatic carbocycles. The summed E-state index contributed by atoms with van der Waals surface area (Å²) in [5.74, 6) is 0. The predicted molar refractivity (Wildman–Crippen MR) is 107 cm³/mol. The number of nitrogens with zero attached hydrogens (tertiary/aromatic N) is 1. The topological polar surface area (TPSA) is 0 Å². The molecule has 0 rings (SSSR count). The third-order valence-corrected chi connectivity index (χ3v) is 4.65. The molecule has 0 aromatic rings. The van der Waals surface area contributed by atoms with E-state index in [0.29, 0.717) is 0 Å². The fraction of sp³-hybridized carbons (Fsp3) is 1.00. The first kappa shape index (κ1) is 29.2. The maximum absolute atomic E-state index is 10.7. The van der Waals surface area contributed by atoms with Crippen LogP contribution in [-0.2, 0) is 0 Å². The van der Waals surface area contributed by atoms with Crippen LogP contribution in [0.4, 0.5) is 25.2 Å². The standard InChI is InChI=1S/C19H42N.F6P/c1-5-8-11-14-17-20(4,18-15-12-9-6-2)19-16-13-10-7-3;1-7(2,3,4,5)6/h5-19H2,1-4H3;/q+1;-1. The molecular weight excluding hydrogens is 387 g/mol. The zero-order chi connectivity index (χ0) is 21.5. The third kappa shape index (κ3) is 33.9. The van der Waals surface area contributed by atoms with Crippen molar-refractivity contribution in [3.8, 4) is 0 Å². The van der Waals surface area contributed by atoms with Gasteiger partial charge < -0.3 is 4.48 Å². The van der Waals surface area contributed by atoms with Crippen LogP contribution in [0.25, 0.3) is 0 Å². The van der Waals surface area contributed by atoms with Gasteiger partial charge in [-0.2, -0.15) is 0 Å². The number of hydrogen-bond acceptors (Lipinski definition) is 0. The molecule has 0 aliphatic heterocycles. The Hall–Kier alpha value is -0.0300. The van der Waals surface area contributed by atoms with Crippen molar-refractivity contribution in [1.29, 1.82) is 0 Å². The Bertz CT molecular complexity index is 313. The summed E-state index contributed by atoms with van der Waals surface area (Å²) in [6.45, 7) is 11.2. The Morgan fingerprint density at radius 3 is 0.889 bits per heavy atom. The Morgan fingerprint density at radius 2 is 0.704 bits per heavy atom. The second kappa shape index (κ2) is 12.5. The summed E-state index contributed by atoms with van der Waals surface area (Å²) in [4.78, 5) is 0. The minimum absolute atomic E-state index is 1.34. The molecule has 170 valence electrons. The summed E-state index contributed by atoms with van der Waals surface area (Å²) >= 11 is 0. The molecule has 0 spiro atoms. The molecule has 0 radical (unpaired) electrons. The van der Waals surface area contributed by atoms with Gasteiger partial charge in [0.15, 0.2) is 0 Å². The number of quaternary nitrogens is 1. The zero-order valence-electron chi connectivity index (χ0n) is 17.8. The van der Waals surface area contributed by atoms with E-state index in [1.165, 1.54) is 101 Å². The molecule has 0 saturated heterocycles. The van der Waals surface area contributed by atoms with Crippen LogP contribution in [0.5, 0.6) is 0 Å². The van der Waals surface area contributed by atoms with E-state index in [4.69, 9.17) is 0 Å². The fourth-order valence-corrected chi connectivity index (χ4v) is 3.10. The monoisotopic (exact) mass is 429 g/mol. The first-order valence-corrected chi connectivity index (χ1v) is 12.6. The predicted octanol–water partition coefficient (Wildman–Crippen LogP) is 9.56. The van der Waals surface area contributed by atoms with E-state index in [1.54, 1.807) is 0 Å². The molecule has 0 saturated carbocycles. The quantitative estimate of drug-likeness (QED) is 0.105. The molecule has 0 bridgehead atoms. The van der Waals surface area contributed by atoms with E-state index in [2.05, 4.69) is 27.8 Å². The average molecular weight is 430 g/mol. The van der Waals surface area contributed by atoms with Crippen LogP contribution in [0.3, 0.4) is 0 Å². The average Bonchev–Trinajstić information content (AvgIpc) is 2.50. The van der Waals surface area contributed by atoms with Gasteiger partial charge in [0.1, 0.15) is 0 Å². The molecule has 0 aromatic heterocycles. The van der Waals surface area contributed by atoms with Crippen LogP contribution in [0.15, 0.2) is 0 Å². The van der Waals surface area contributed by atoms with Crippen LogP contribution >= 0.6 is 7.81 Å². The molecule has 0 N–H and O–H groups in total. The van der Waals surface area contributed by atoms with Crippen LogP contribution in [0.2, 0.25) is 0 Å². The summed E-state index contributed by atoms with van der Waals surface area (Å²) in [6, 6.07) is 0. The summed E-state index contributed by atoms with van der Waals surface area (Å²) in [5.41, 5.74) is 0.